The second-order valence-corrected chi connectivity index (χ2v) is 6.26. The van der Waals surface area contributed by atoms with Gasteiger partial charge in [-0.1, -0.05) is 6.07 Å². The van der Waals surface area contributed by atoms with Gasteiger partial charge in [-0.2, -0.15) is 0 Å². The Morgan fingerprint density at radius 3 is 2.54 bits per heavy atom. The summed E-state index contributed by atoms with van der Waals surface area (Å²) in [5, 5.41) is 5.52. The maximum Gasteiger partial charge on any atom is 0.307 e. The number of hydrogen-bond acceptors (Lipinski definition) is 5. The van der Waals surface area contributed by atoms with Gasteiger partial charge in [0.15, 0.2) is 0 Å². The summed E-state index contributed by atoms with van der Waals surface area (Å²) in [6.45, 7) is 0.199. The standard InChI is InChI=1S/C18H25N3O4.ClH/c1-25-16(22)9-10-20-17(23)13-3-2-4-15(11-13)21-18(24)12-5-7-14(19)8-6-12;/h2-4,11-12,14H,5-10,19H2,1H3,(H,20,23)(H,21,24);1H. The van der Waals surface area contributed by atoms with Crippen molar-refractivity contribution in [3.63, 3.8) is 0 Å². The Morgan fingerprint density at radius 2 is 1.88 bits per heavy atom. The summed E-state index contributed by atoms with van der Waals surface area (Å²) < 4.78 is 4.52. The molecule has 0 saturated heterocycles. The minimum absolute atomic E-state index is 0. The molecule has 1 aromatic carbocycles. The van der Waals surface area contributed by atoms with Gasteiger partial charge in [-0.15, -0.1) is 12.4 Å². The van der Waals surface area contributed by atoms with E-state index in [1.807, 2.05) is 0 Å². The fourth-order valence-corrected chi connectivity index (χ4v) is 2.85. The number of esters is 1. The number of rotatable bonds is 6. The van der Waals surface area contributed by atoms with Crippen LogP contribution >= 0.6 is 12.4 Å². The van der Waals surface area contributed by atoms with Crippen molar-refractivity contribution in [3.8, 4) is 0 Å². The summed E-state index contributed by atoms with van der Waals surface area (Å²) in [6.07, 6.45) is 3.42. The van der Waals surface area contributed by atoms with Crippen molar-refractivity contribution in [1.29, 1.82) is 0 Å². The van der Waals surface area contributed by atoms with Crippen LogP contribution in [0.4, 0.5) is 5.69 Å². The zero-order valence-electron chi connectivity index (χ0n) is 14.8. The molecule has 7 nitrogen and oxygen atoms in total. The van der Waals surface area contributed by atoms with Crippen LogP contribution in [0.3, 0.4) is 0 Å². The molecule has 144 valence electrons. The monoisotopic (exact) mass is 383 g/mol. The van der Waals surface area contributed by atoms with Crippen molar-refractivity contribution in [2.45, 2.75) is 38.1 Å². The molecular formula is C18H26ClN3O4. The van der Waals surface area contributed by atoms with Crippen molar-refractivity contribution in [2.75, 3.05) is 19.0 Å². The van der Waals surface area contributed by atoms with E-state index in [-0.39, 0.29) is 55.1 Å². The molecule has 1 fully saturated rings. The highest BCUT2D eigenvalue weighted by atomic mass is 35.5. The average Bonchev–Trinajstić information content (AvgIpc) is 2.62. The van der Waals surface area contributed by atoms with Gasteiger partial charge in [0.05, 0.1) is 13.5 Å². The first-order valence-corrected chi connectivity index (χ1v) is 8.51. The number of carbonyl (C=O) groups excluding carboxylic acids is 3. The molecule has 1 aromatic rings. The molecule has 0 unspecified atom stereocenters. The zero-order valence-corrected chi connectivity index (χ0v) is 15.6. The third-order valence-corrected chi connectivity index (χ3v) is 4.38. The van der Waals surface area contributed by atoms with Gasteiger partial charge in [-0.25, -0.2) is 0 Å². The lowest BCUT2D eigenvalue weighted by atomic mass is 9.86. The number of methoxy groups -OCH3 is 1. The predicted molar refractivity (Wildman–Crippen MR) is 101 cm³/mol. The van der Waals surface area contributed by atoms with E-state index in [0.29, 0.717) is 11.3 Å². The fraction of sp³-hybridized carbons (Fsp3) is 0.500. The van der Waals surface area contributed by atoms with Gasteiger partial charge in [0.25, 0.3) is 5.91 Å². The first-order valence-electron chi connectivity index (χ1n) is 8.51. The van der Waals surface area contributed by atoms with Crippen LogP contribution in [0.2, 0.25) is 0 Å². The molecule has 0 atom stereocenters. The molecule has 2 rings (SSSR count). The number of carbonyl (C=O) groups is 3. The number of nitrogens with one attached hydrogen (secondary N) is 2. The summed E-state index contributed by atoms with van der Waals surface area (Å²) in [5.41, 5.74) is 6.87. The van der Waals surface area contributed by atoms with Crippen LogP contribution in [0.5, 0.6) is 0 Å². The topological polar surface area (TPSA) is 111 Å². The van der Waals surface area contributed by atoms with Gasteiger partial charge >= 0.3 is 5.97 Å². The summed E-state index contributed by atoms with van der Waals surface area (Å²) in [7, 11) is 1.30. The molecule has 1 aliphatic carbocycles. The lowest BCUT2D eigenvalue weighted by molar-refractivity contribution is -0.140. The number of benzene rings is 1. The van der Waals surface area contributed by atoms with Crippen LogP contribution in [0, 0.1) is 5.92 Å². The van der Waals surface area contributed by atoms with E-state index in [0.717, 1.165) is 25.7 Å². The lowest BCUT2D eigenvalue weighted by Gasteiger charge is -2.25. The Kier molecular flexibility index (Phi) is 9.09. The van der Waals surface area contributed by atoms with Crippen LogP contribution < -0.4 is 16.4 Å². The van der Waals surface area contributed by atoms with Crippen molar-refractivity contribution in [2.24, 2.45) is 11.7 Å². The summed E-state index contributed by atoms with van der Waals surface area (Å²) >= 11 is 0. The molecule has 1 saturated carbocycles. The number of anilines is 1. The Labute approximate surface area is 159 Å². The van der Waals surface area contributed by atoms with Crippen LogP contribution in [0.25, 0.3) is 0 Å². The van der Waals surface area contributed by atoms with Gasteiger partial charge in [-0.3, -0.25) is 14.4 Å². The number of nitrogens with two attached hydrogens (primary N) is 1. The van der Waals surface area contributed by atoms with Crippen LogP contribution in [-0.2, 0) is 14.3 Å². The summed E-state index contributed by atoms with van der Waals surface area (Å²) in [5.74, 6) is -0.746. The number of hydrogen-bond donors (Lipinski definition) is 3. The quantitative estimate of drug-likeness (QED) is 0.649. The third kappa shape index (κ3) is 6.65. The molecule has 26 heavy (non-hydrogen) atoms. The van der Waals surface area contributed by atoms with Crippen molar-refractivity contribution < 1.29 is 19.1 Å². The molecule has 0 heterocycles. The Balaban J connectivity index is 0.00000338. The van der Waals surface area contributed by atoms with Crippen molar-refractivity contribution >= 4 is 35.9 Å². The highest BCUT2D eigenvalue weighted by Gasteiger charge is 2.24. The van der Waals surface area contributed by atoms with Gasteiger partial charge in [0.1, 0.15) is 0 Å². The molecule has 0 aromatic heterocycles. The van der Waals surface area contributed by atoms with E-state index < -0.39 is 0 Å². The maximum absolute atomic E-state index is 12.3. The SMILES string of the molecule is COC(=O)CCNC(=O)c1cccc(NC(=O)C2CCC(N)CC2)c1.Cl. The minimum atomic E-state index is -0.381. The number of ether oxygens (including phenoxy) is 1. The predicted octanol–water partition coefficient (Wildman–Crippen LogP) is 1.86. The van der Waals surface area contributed by atoms with Crippen molar-refractivity contribution in [3.05, 3.63) is 29.8 Å². The minimum Gasteiger partial charge on any atom is -0.469 e. The van der Waals surface area contributed by atoms with Crippen LogP contribution in [0.15, 0.2) is 24.3 Å². The second-order valence-electron chi connectivity index (χ2n) is 6.26. The van der Waals surface area contributed by atoms with E-state index in [9.17, 15) is 14.4 Å². The summed E-state index contributed by atoms with van der Waals surface area (Å²) in [6, 6.07) is 6.93. The molecular weight excluding hydrogens is 358 g/mol. The first kappa shape index (κ1) is 21.9. The Bertz CT molecular complexity index is 631. The van der Waals surface area contributed by atoms with Gasteiger partial charge in [0, 0.05) is 29.8 Å². The molecule has 0 bridgehead atoms. The van der Waals surface area contributed by atoms with Crippen molar-refractivity contribution in [1.82, 2.24) is 5.32 Å². The fourth-order valence-electron chi connectivity index (χ4n) is 2.85. The van der Waals surface area contributed by atoms with Crippen LogP contribution in [0.1, 0.15) is 42.5 Å². The Morgan fingerprint density at radius 1 is 1.19 bits per heavy atom. The molecule has 1 aliphatic rings. The molecule has 0 spiro atoms. The summed E-state index contributed by atoms with van der Waals surface area (Å²) in [4.78, 5) is 35.5. The average molecular weight is 384 g/mol. The van der Waals surface area contributed by atoms with E-state index in [1.54, 1.807) is 24.3 Å². The van der Waals surface area contributed by atoms with E-state index in [2.05, 4.69) is 15.4 Å². The molecule has 0 radical (unpaired) electrons. The van der Waals surface area contributed by atoms with Crippen LogP contribution in [-0.4, -0.2) is 37.5 Å². The molecule has 8 heteroatoms. The third-order valence-electron chi connectivity index (χ3n) is 4.38. The normalized spacial score (nSPS) is 19.0. The number of amides is 2. The molecule has 4 N–H and O–H groups in total. The lowest BCUT2D eigenvalue weighted by Crippen LogP contribution is -2.32. The van der Waals surface area contributed by atoms with Gasteiger partial charge in [-0.05, 0) is 43.9 Å². The van der Waals surface area contributed by atoms with E-state index in [4.69, 9.17) is 5.73 Å². The Hall–Kier alpha value is -2.12. The zero-order chi connectivity index (χ0) is 18.2. The largest absolute Gasteiger partial charge is 0.469 e. The molecule has 0 aliphatic heterocycles. The highest BCUT2D eigenvalue weighted by molar-refractivity contribution is 5.97. The second kappa shape index (κ2) is 10.8. The van der Waals surface area contributed by atoms with E-state index in [1.165, 1.54) is 7.11 Å². The number of halogens is 1. The van der Waals surface area contributed by atoms with E-state index >= 15 is 0 Å². The first-order chi connectivity index (χ1) is 12.0. The van der Waals surface area contributed by atoms with Gasteiger partial charge in [0.2, 0.25) is 5.91 Å². The highest BCUT2D eigenvalue weighted by Crippen LogP contribution is 2.24. The molecule has 2 amide bonds. The smallest absolute Gasteiger partial charge is 0.307 e. The van der Waals surface area contributed by atoms with Gasteiger partial charge < -0.3 is 21.1 Å². The maximum atomic E-state index is 12.3.